The van der Waals surface area contributed by atoms with Crippen molar-refractivity contribution in [1.82, 2.24) is 4.98 Å². The number of hydrogen-bond acceptors (Lipinski definition) is 5. The van der Waals surface area contributed by atoms with Gasteiger partial charge in [0.25, 0.3) is 0 Å². The van der Waals surface area contributed by atoms with Gasteiger partial charge >= 0.3 is 0 Å². The molecule has 0 spiro atoms. The average molecular weight is 260 g/mol. The molecule has 0 fully saturated rings. The van der Waals surface area contributed by atoms with Gasteiger partial charge in [0.1, 0.15) is 18.1 Å². The molecule has 5 heteroatoms. The highest BCUT2D eigenvalue weighted by atomic mass is 16.5. The van der Waals surface area contributed by atoms with Gasteiger partial charge in [-0.1, -0.05) is 6.07 Å². The number of benzene rings is 1. The zero-order chi connectivity index (χ0) is 13.7. The van der Waals surface area contributed by atoms with Gasteiger partial charge in [0.2, 0.25) is 5.88 Å². The molecule has 1 aromatic heterocycles. The predicted octanol–water partition coefficient (Wildman–Crippen LogP) is 2.26. The quantitative estimate of drug-likeness (QED) is 0.835. The van der Waals surface area contributed by atoms with Crippen LogP contribution in [0.1, 0.15) is 5.69 Å². The van der Waals surface area contributed by atoms with E-state index < -0.39 is 0 Å². The second-order valence-electron chi connectivity index (χ2n) is 3.86. The van der Waals surface area contributed by atoms with Crippen molar-refractivity contribution in [1.29, 1.82) is 0 Å². The number of nitrogens with two attached hydrogens (primary N) is 1. The number of anilines is 1. The van der Waals surface area contributed by atoms with Crippen LogP contribution in [0.3, 0.4) is 0 Å². The molecule has 19 heavy (non-hydrogen) atoms. The number of pyridine rings is 1. The molecule has 2 aromatic rings. The maximum atomic E-state index is 5.84. The number of hydrogen-bond donors (Lipinski definition) is 1. The predicted molar refractivity (Wildman–Crippen MR) is 72.5 cm³/mol. The molecule has 1 heterocycles. The summed E-state index contributed by atoms with van der Waals surface area (Å²) in [5.74, 6) is 1.83. The molecule has 0 amide bonds. The first-order valence-corrected chi connectivity index (χ1v) is 5.79. The van der Waals surface area contributed by atoms with Crippen LogP contribution in [0.2, 0.25) is 0 Å². The van der Waals surface area contributed by atoms with Crippen LogP contribution >= 0.6 is 0 Å². The third kappa shape index (κ3) is 3.28. The van der Waals surface area contributed by atoms with Crippen LogP contribution in [-0.2, 0) is 6.61 Å². The van der Waals surface area contributed by atoms with E-state index in [1.54, 1.807) is 38.5 Å². The maximum Gasteiger partial charge on any atom is 0.213 e. The van der Waals surface area contributed by atoms with Crippen LogP contribution < -0.4 is 19.9 Å². The van der Waals surface area contributed by atoms with E-state index in [0.717, 1.165) is 5.69 Å². The van der Waals surface area contributed by atoms with Crippen molar-refractivity contribution in [3.63, 3.8) is 0 Å². The first-order valence-electron chi connectivity index (χ1n) is 5.79. The monoisotopic (exact) mass is 260 g/mol. The molecular weight excluding hydrogens is 244 g/mol. The lowest BCUT2D eigenvalue weighted by Crippen LogP contribution is -2.01. The summed E-state index contributed by atoms with van der Waals surface area (Å²) >= 11 is 0. The van der Waals surface area contributed by atoms with Crippen LogP contribution in [0.4, 0.5) is 5.69 Å². The van der Waals surface area contributed by atoms with Crippen LogP contribution in [0.5, 0.6) is 17.4 Å². The van der Waals surface area contributed by atoms with Gasteiger partial charge in [-0.05, 0) is 18.2 Å². The molecule has 0 unspecified atom stereocenters. The number of rotatable bonds is 5. The molecule has 100 valence electrons. The fourth-order valence-electron chi connectivity index (χ4n) is 1.57. The fraction of sp³-hybridized carbons (Fsp3) is 0.214. The Hall–Kier alpha value is -2.43. The van der Waals surface area contributed by atoms with Crippen molar-refractivity contribution < 1.29 is 14.2 Å². The summed E-state index contributed by atoms with van der Waals surface area (Å²) in [6, 6.07) is 10.8. The molecule has 0 bridgehead atoms. The summed E-state index contributed by atoms with van der Waals surface area (Å²) < 4.78 is 15.8. The van der Waals surface area contributed by atoms with Gasteiger partial charge in [0, 0.05) is 12.1 Å². The first-order chi connectivity index (χ1) is 9.22. The molecule has 0 radical (unpaired) electrons. The molecule has 2 N–H and O–H groups in total. The van der Waals surface area contributed by atoms with Crippen LogP contribution in [0.15, 0.2) is 36.4 Å². The van der Waals surface area contributed by atoms with E-state index >= 15 is 0 Å². The lowest BCUT2D eigenvalue weighted by atomic mass is 10.3. The van der Waals surface area contributed by atoms with Crippen molar-refractivity contribution in [3.05, 3.63) is 42.1 Å². The minimum Gasteiger partial charge on any atom is -0.497 e. The fourth-order valence-corrected chi connectivity index (χ4v) is 1.57. The summed E-state index contributed by atoms with van der Waals surface area (Å²) in [5.41, 5.74) is 7.16. The second kappa shape index (κ2) is 5.95. The number of methoxy groups -OCH3 is 2. The van der Waals surface area contributed by atoms with Crippen molar-refractivity contribution >= 4 is 5.69 Å². The smallest absolute Gasteiger partial charge is 0.213 e. The van der Waals surface area contributed by atoms with Crippen molar-refractivity contribution in [3.8, 4) is 17.4 Å². The van der Waals surface area contributed by atoms with E-state index in [1.807, 2.05) is 12.1 Å². The molecule has 0 saturated carbocycles. The van der Waals surface area contributed by atoms with Crippen LogP contribution in [0, 0.1) is 0 Å². The lowest BCUT2D eigenvalue weighted by molar-refractivity contribution is 0.297. The molecule has 2 rings (SSSR count). The van der Waals surface area contributed by atoms with E-state index in [4.69, 9.17) is 19.9 Å². The molecule has 5 nitrogen and oxygen atoms in total. The van der Waals surface area contributed by atoms with E-state index in [2.05, 4.69) is 4.98 Å². The normalized spacial score (nSPS) is 10.0. The Morgan fingerprint density at radius 3 is 2.68 bits per heavy atom. The Bertz CT molecular complexity index is 558. The van der Waals surface area contributed by atoms with Gasteiger partial charge in [0.05, 0.1) is 25.6 Å². The Morgan fingerprint density at radius 1 is 1.11 bits per heavy atom. The summed E-state index contributed by atoms with van der Waals surface area (Å²) in [6.45, 7) is 0.314. The third-order valence-corrected chi connectivity index (χ3v) is 2.59. The standard InChI is InChI=1S/C14H16N2O3/c1-17-11-6-7-12(15)13(8-11)19-9-10-4-3-5-14(16-10)18-2/h3-8H,9,15H2,1-2H3. The third-order valence-electron chi connectivity index (χ3n) is 2.59. The number of nitrogen functional groups attached to an aromatic ring is 1. The van der Waals surface area contributed by atoms with Crippen molar-refractivity contribution in [2.75, 3.05) is 20.0 Å². The zero-order valence-electron chi connectivity index (χ0n) is 10.9. The Kier molecular flexibility index (Phi) is 4.07. The average Bonchev–Trinajstić information content (AvgIpc) is 2.46. The van der Waals surface area contributed by atoms with E-state index in [-0.39, 0.29) is 0 Å². The van der Waals surface area contributed by atoms with Gasteiger partial charge in [-0.25, -0.2) is 4.98 Å². The van der Waals surface area contributed by atoms with Crippen molar-refractivity contribution in [2.24, 2.45) is 0 Å². The Morgan fingerprint density at radius 2 is 1.95 bits per heavy atom. The second-order valence-corrected chi connectivity index (χ2v) is 3.86. The van der Waals surface area contributed by atoms with Crippen LogP contribution in [0.25, 0.3) is 0 Å². The minimum absolute atomic E-state index is 0.314. The summed E-state index contributed by atoms with van der Waals surface area (Å²) in [6.07, 6.45) is 0. The number of ether oxygens (including phenoxy) is 3. The summed E-state index contributed by atoms with van der Waals surface area (Å²) in [5, 5.41) is 0. The molecule has 0 aliphatic rings. The van der Waals surface area contributed by atoms with Gasteiger partial charge in [-0.15, -0.1) is 0 Å². The van der Waals surface area contributed by atoms with Gasteiger partial charge in [-0.2, -0.15) is 0 Å². The van der Waals surface area contributed by atoms with Gasteiger partial charge in [-0.3, -0.25) is 0 Å². The number of nitrogens with zero attached hydrogens (tertiary/aromatic N) is 1. The Balaban J connectivity index is 2.09. The van der Waals surface area contributed by atoms with E-state index in [9.17, 15) is 0 Å². The summed E-state index contributed by atoms with van der Waals surface area (Å²) in [7, 11) is 3.17. The number of aromatic nitrogens is 1. The molecule has 0 atom stereocenters. The van der Waals surface area contributed by atoms with Gasteiger partial charge < -0.3 is 19.9 Å². The highest BCUT2D eigenvalue weighted by Crippen LogP contribution is 2.27. The van der Waals surface area contributed by atoms with Crippen LogP contribution in [-0.4, -0.2) is 19.2 Å². The maximum absolute atomic E-state index is 5.84. The molecular formula is C14H16N2O3. The SMILES string of the molecule is COc1ccc(N)c(OCc2cccc(OC)n2)c1. The highest BCUT2D eigenvalue weighted by Gasteiger charge is 2.04. The molecule has 0 aliphatic heterocycles. The zero-order valence-corrected chi connectivity index (χ0v) is 10.9. The van der Waals surface area contributed by atoms with Gasteiger partial charge in [0.15, 0.2) is 0 Å². The van der Waals surface area contributed by atoms with E-state index in [0.29, 0.717) is 29.7 Å². The largest absolute Gasteiger partial charge is 0.497 e. The topological polar surface area (TPSA) is 66.6 Å². The Labute approximate surface area is 111 Å². The van der Waals surface area contributed by atoms with Crippen molar-refractivity contribution in [2.45, 2.75) is 6.61 Å². The lowest BCUT2D eigenvalue weighted by Gasteiger charge is -2.10. The highest BCUT2D eigenvalue weighted by molar-refractivity contribution is 5.55. The molecule has 1 aromatic carbocycles. The van der Waals surface area contributed by atoms with E-state index in [1.165, 1.54) is 0 Å². The molecule has 0 saturated heterocycles. The molecule has 0 aliphatic carbocycles. The minimum atomic E-state index is 0.314. The summed E-state index contributed by atoms with van der Waals surface area (Å²) in [4.78, 5) is 4.26. The first kappa shape index (κ1) is 13.0.